The smallest absolute Gasteiger partial charge is 0.244 e. The van der Waals surface area contributed by atoms with E-state index < -0.39 is 5.25 Å². The maximum Gasteiger partial charge on any atom is 0.244 e. The van der Waals surface area contributed by atoms with E-state index in [9.17, 15) is 9.59 Å². The van der Waals surface area contributed by atoms with Gasteiger partial charge in [0.25, 0.3) is 0 Å². The standard InChI is InChI=1S/C20H20N4O2S3/c1-3-27-20-23-19(29-24-20)22-18(26)17(14-7-5-4-6-8-14)28-16-11-9-15(10-12-16)21-13(2)25/h4-12,17H,3H2,1-2H3,(H,21,25)(H,22,23,24,26). The zero-order chi connectivity index (χ0) is 20.6. The number of nitrogens with one attached hydrogen (secondary N) is 2. The highest BCUT2D eigenvalue weighted by atomic mass is 32.2. The van der Waals surface area contributed by atoms with Crippen molar-refractivity contribution < 1.29 is 9.59 Å². The van der Waals surface area contributed by atoms with Crippen LogP contribution in [0.5, 0.6) is 0 Å². The minimum atomic E-state index is -0.450. The SMILES string of the molecule is CCSc1nsc(NC(=O)C(Sc2ccc(NC(C)=O)cc2)c2ccccc2)n1. The fraction of sp³-hybridized carbons (Fsp3) is 0.200. The molecule has 3 aromatic rings. The number of carbonyl (C=O) groups excluding carboxylic acids is 2. The summed E-state index contributed by atoms with van der Waals surface area (Å²) in [6, 6.07) is 17.0. The molecule has 9 heteroatoms. The maximum atomic E-state index is 13.0. The highest BCUT2D eigenvalue weighted by molar-refractivity contribution is 8.00. The number of hydrogen-bond donors (Lipinski definition) is 2. The second-order valence-electron chi connectivity index (χ2n) is 5.92. The van der Waals surface area contributed by atoms with Crippen molar-refractivity contribution in [2.24, 2.45) is 0 Å². The Hall–Kier alpha value is -2.36. The summed E-state index contributed by atoms with van der Waals surface area (Å²) < 4.78 is 4.25. The van der Waals surface area contributed by atoms with E-state index in [0.29, 0.717) is 10.3 Å². The number of rotatable bonds is 8. The number of nitrogens with zero attached hydrogens (tertiary/aromatic N) is 2. The van der Waals surface area contributed by atoms with Crippen molar-refractivity contribution >= 4 is 57.7 Å². The Bertz CT molecular complexity index is 961. The lowest BCUT2D eigenvalue weighted by Gasteiger charge is -2.16. The Labute approximate surface area is 182 Å². The zero-order valence-corrected chi connectivity index (χ0v) is 18.4. The molecule has 29 heavy (non-hydrogen) atoms. The summed E-state index contributed by atoms with van der Waals surface area (Å²) in [5.74, 6) is 0.599. The van der Waals surface area contributed by atoms with Gasteiger partial charge >= 0.3 is 0 Å². The van der Waals surface area contributed by atoms with E-state index in [1.54, 1.807) is 0 Å². The van der Waals surface area contributed by atoms with Gasteiger partial charge in [-0.3, -0.25) is 14.9 Å². The maximum absolute atomic E-state index is 13.0. The molecule has 0 saturated carbocycles. The Morgan fingerprint density at radius 3 is 2.45 bits per heavy atom. The first kappa shape index (κ1) is 21.4. The third-order valence-electron chi connectivity index (χ3n) is 3.68. The van der Waals surface area contributed by atoms with Crippen LogP contribution in [0.25, 0.3) is 0 Å². The molecule has 0 fully saturated rings. The van der Waals surface area contributed by atoms with Gasteiger partial charge < -0.3 is 5.32 Å². The molecule has 0 radical (unpaired) electrons. The van der Waals surface area contributed by atoms with Gasteiger partial charge in [0.1, 0.15) is 5.25 Å². The molecular formula is C20H20N4O2S3. The van der Waals surface area contributed by atoms with Crippen LogP contribution in [-0.2, 0) is 9.59 Å². The van der Waals surface area contributed by atoms with Crippen molar-refractivity contribution in [2.75, 3.05) is 16.4 Å². The summed E-state index contributed by atoms with van der Waals surface area (Å²) in [5, 5.41) is 6.35. The first-order valence-electron chi connectivity index (χ1n) is 8.91. The second kappa shape index (κ2) is 10.4. The topological polar surface area (TPSA) is 84.0 Å². The molecule has 0 bridgehead atoms. The summed E-state index contributed by atoms with van der Waals surface area (Å²) in [6.45, 7) is 3.50. The molecule has 2 amide bonds. The lowest BCUT2D eigenvalue weighted by atomic mass is 10.1. The average molecular weight is 445 g/mol. The van der Waals surface area contributed by atoms with Gasteiger partial charge in [0.2, 0.25) is 22.1 Å². The Morgan fingerprint density at radius 2 is 1.79 bits per heavy atom. The zero-order valence-electron chi connectivity index (χ0n) is 15.9. The average Bonchev–Trinajstić information content (AvgIpc) is 3.14. The molecule has 0 aliphatic rings. The van der Waals surface area contributed by atoms with Crippen molar-refractivity contribution in [3.8, 4) is 0 Å². The van der Waals surface area contributed by atoms with Crippen LogP contribution in [0.3, 0.4) is 0 Å². The normalized spacial score (nSPS) is 11.7. The van der Waals surface area contributed by atoms with Crippen LogP contribution in [0.15, 0.2) is 64.6 Å². The molecule has 1 aromatic heterocycles. The summed E-state index contributed by atoms with van der Waals surface area (Å²) >= 11 is 4.16. The molecule has 3 rings (SSSR count). The number of hydrogen-bond acceptors (Lipinski definition) is 7. The fourth-order valence-electron chi connectivity index (χ4n) is 2.48. The summed E-state index contributed by atoms with van der Waals surface area (Å²) in [4.78, 5) is 29.5. The largest absolute Gasteiger partial charge is 0.326 e. The van der Waals surface area contributed by atoms with Gasteiger partial charge in [-0.15, -0.1) is 11.8 Å². The van der Waals surface area contributed by atoms with Crippen molar-refractivity contribution in [3.63, 3.8) is 0 Å². The van der Waals surface area contributed by atoms with Gasteiger partial charge in [-0.1, -0.05) is 49.0 Å². The molecule has 6 nitrogen and oxygen atoms in total. The van der Waals surface area contributed by atoms with Crippen LogP contribution in [0.1, 0.15) is 24.7 Å². The van der Waals surface area contributed by atoms with Crippen molar-refractivity contribution in [1.29, 1.82) is 0 Å². The number of carbonyl (C=O) groups is 2. The van der Waals surface area contributed by atoms with Gasteiger partial charge in [-0.25, -0.2) is 0 Å². The van der Waals surface area contributed by atoms with E-state index in [1.165, 1.54) is 42.0 Å². The molecule has 150 valence electrons. The number of benzene rings is 2. The van der Waals surface area contributed by atoms with Gasteiger partial charge in [-0.2, -0.15) is 9.36 Å². The number of thioether (sulfide) groups is 2. The van der Waals surface area contributed by atoms with Crippen LogP contribution in [0.2, 0.25) is 0 Å². The second-order valence-corrected chi connectivity index (χ2v) is 9.08. The van der Waals surface area contributed by atoms with Crippen LogP contribution in [0.4, 0.5) is 10.8 Å². The highest BCUT2D eigenvalue weighted by Gasteiger charge is 2.23. The Kier molecular flexibility index (Phi) is 7.68. The molecule has 1 heterocycles. The summed E-state index contributed by atoms with van der Waals surface area (Å²) in [5.41, 5.74) is 1.62. The van der Waals surface area contributed by atoms with Crippen LogP contribution >= 0.6 is 35.1 Å². The van der Waals surface area contributed by atoms with Crippen LogP contribution < -0.4 is 10.6 Å². The fourth-order valence-corrected chi connectivity index (χ4v) is 4.77. The first-order chi connectivity index (χ1) is 14.0. The molecule has 0 saturated heterocycles. The summed E-state index contributed by atoms with van der Waals surface area (Å²) in [6.07, 6.45) is 0. The quantitative estimate of drug-likeness (QED) is 0.471. The van der Waals surface area contributed by atoms with E-state index in [2.05, 4.69) is 20.0 Å². The van der Waals surface area contributed by atoms with Crippen molar-refractivity contribution in [2.45, 2.75) is 29.1 Å². The number of aromatic nitrogens is 2. The lowest BCUT2D eigenvalue weighted by molar-refractivity contribution is -0.116. The van der Waals surface area contributed by atoms with Crippen molar-refractivity contribution in [1.82, 2.24) is 9.36 Å². The Balaban J connectivity index is 1.77. The summed E-state index contributed by atoms with van der Waals surface area (Å²) in [7, 11) is 0. The van der Waals surface area contributed by atoms with Gasteiger partial charge in [0.15, 0.2) is 0 Å². The Morgan fingerprint density at radius 1 is 1.07 bits per heavy atom. The first-order valence-corrected chi connectivity index (χ1v) is 11.6. The van der Waals surface area contributed by atoms with E-state index in [0.717, 1.165) is 21.9 Å². The van der Waals surface area contributed by atoms with Gasteiger partial charge in [-0.05, 0) is 35.6 Å². The predicted molar refractivity (Wildman–Crippen MR) is 121 cm³/mol. The molecule has 1 atom stereocenters. The number of anilines is 2. The molecule has 0 spiro atoms. The molecule has 0 aliphatic carbocycles. The molecule has 2 N–H and O–H groups in total. The predicted octanol–water partition coefficient (Wildman–Crippen LogP) is 5.08. The molecule has 2 aromatic carbocycles. The minimum Gasteiger partial charge on any atom is -0.326 e. The number of amides is 2. The molecule has 0 aliphatic heterocycles. The van der Waals surface area contributed by atoms with E-state index in [1.807, 2.05) is 61.5 Å². The van der Waals surface area contributed by atoms with E-state index in [4.69, 9.17) is 0 Å². The third kappa shape index (κ3) is 6.31. The minimum absolute atomic E-state index is 0.121. The molecule has 1 unspecified atom stereocenters. The van der Waals surface area contributed by atoms with E-state index >= 15 is 0 Å². The van der Waals surface area contributed by atoms with Crippen LogP contribution in [0, 0.1) is 0 Å². The van der Waals surface area contributed by atoms with Gasteiger partial charge in [0, 0.05) is 29.0 Å². The van der Waals surface area contributed by atoms with Crippen molar-refractivity contribution in [3.05, 3.63) is 60.2 Å². The highest BCUT2D eigenvalue weighted by Crippen LogP contribution is 2.37. The lowest BCUT2D eigenvalue weighted by Crippen LogP contribution is -2.19. The van der Waals surface area contributed by atoms with Crippen LogP contribution in [-0.4, -0.2) is 26.9 Å². The van der Waals surface area contributed by atoms with Gasteiger partial charge in [0.05, 0.1) is 0 Å². The van der Waals surface area contributed by atoms with E-state index in [-0.39, 0.29) is 11.8 Å². The monoisotopic (exact) mass is 444 g/mol. The third-order valence-corrected chi connectivity index (χ3v) is 6.42. The molecular weight excluding hydrogens is 424 g/mol.